The summed E-state index contributed by atoms with van der Waals surface area (Å²) in [6, 6.07) is 0. The van der Waals surface area contributed by atoms with Crippen LogP contribution in [0.1, 0.15) is 40.0 Å². The van der Waals surface area contributed by atoms with E-state index in [0.717, 1.165) is 5.92 Å². The first-order chi connectivity index (χ1) is 4.99. The maximum absolute atomic E-state index is 3.70. The summed E-state index contributed by atoms with van der Waals surface area (Å²) >= 11 is 0. The number of hydrogen-bond donors (Lipinski definition) is 1. The van der Waals surface area contributed by atoms with Crippen molar-refractivity contribution in [1.29, 1.82) is 0 Å². The van der Waals surface area contributed by atoms with Gasteiger partial charge in [0.05, 0.1) is 0 Å². The molecule has 2 bridgehead atoms. The quantitative estimate of drug-likeness (QED) is 0.641. The van der Waals surface area contributed by atoms with E-state index in [1.807, 2.05) is 0 Å². The fraction of sp³-hybridized carbons (Fsp3) is 1.00. The number of rotatable bonds is 2. The Morgan fingerprint density at radius 2 is 1.82 bits per heavy atom. The van der Waals surface area contributed by atoms with Gasteiger partial charge in [0.1, 0.15) is 0 Å². The Balaban J connectivity index is 1.74. The highest BCUT2D eigenvalue weighted by molar-refractivity contribution is 5.13. The van der Waals surface area contributed by atoms with Crippen LogP contribution in [0, 0.1) is 11.3 Å². The third-order valence-electron chi connectivity index (χ3n) is 3.03. The van der Waals surface area contributed by atoms with Gasteiger partial charge in [-0.25, -0.2) is 0 Å². The molecule has 0 spiro atoms. The molecule has 0 aromatic heterocycles. The molecular formula is C10H19N. The summed E-state index contributed by atoms with van der Waals surface area (Å²) in [5, 5.41) is 3.70. The minimum absolute atomic E-state index is 0.454. The largest absolute Gasteiger partial charge is 0.311 e. The van der Waals surface area contributed by atoms with Crippen molar-refractivity contribution in [2.24, 2.45) is 11.3 Å². The smallest absolute Gasteiger partial charge is 0.0189 e. The minimum atomic E-state index is 0.454. The normalized spacial score (nSPS) is 41.2. The molecule has 64 valence electrons. The van der Waals surface area contributed by atoms with E-state index < -0.39 is 0 Å². The predicted molar refractivity (Wildman–Crippen MR) is 47.5 cm³/mol. The lowest BCUT2D eigenvalue weighted by Gasteiger charge is -2.62. The van der Waals surface area contributed by atoms with Crippen LogP contribution < -0.4 is 5.32 Å². The van der Waals surface area contributed by atoms with Gasteiger partial charge in [0.25, 0.3) is 0 Å². The van der Waals surface area contributed by atoms with Gasteiger partial charge >= 0.3 is 0 Å². The minimum Gasteiger partial charge on any atom is -0.311 e. The summed E-state index contributed by atoms with van der Waals surface area (Å²) in [5.74, 6) is 1.10. The van der Waals surface area contributed by atoms with Crippen molar-refractivity contribution in [2.75, 3.05) is 6.54 Å². The lowest BCUT2D eigenvalue weighted by molar-refractivity contribution is -0.0552. The van der Waals surface area contributed by atoms with Gasteiger partial charge < -0.3 is 5.32 Å². The van der Waals surface area contributed by atoms with Crippen LogP contribution in [-0.2, 0) is 0 Å². The molecule has 3 saturated carbocycles. The topological polar surface area (TPSA) is 12.0 Å². The van der Waals surface area contributed by atoms with Crippen LogP contribution in [0.15, 0.2) is 0 Å². The van der Waals surface area contributed by atoms with Gasteiger partial charge in [-0.15, -0.1) is 0 Å². The molecule has 0 aliphatic heterocycles. The third-order valence-corrected chi connectivity index (χ3v) is 3.03. The van der Waals surface area contributed by atoms with Crippen molar-refractivity contribution in [3.63, 3.8) is 0 Å². The first-order valence-corrected chi connectivity index (χ1v) is 4.74. The van der Waals surface area contributed by atoms with Crippen molar-refractivity contribution in [3.8, 4) is 0 Å². The molecule has 3 rings (SSSR count). The van der Waals surface area contributed by atoms with Gasteiger partial charge in [0.15, 0.2) is 0 Å². The second-order valence-electron chi connectivity index (χ2n) is 5.67. The Morgan fingerprint density at radius 3 is 2.09 bits per heavy atom. The lowest BCUT2D eigenvalue weighted by atomic mass is 9.50. The van der Waals surface area contributed by atoms with Gasteiger partial charge in [-0.1, -0.05) is 20.8 Å². The second-order valence-corrected chi connectivity index (χ2v) is 5.67. The number of hydrogen-bond acceptors (Lipinski definition) is 1. The van der Waals surface area contributed by atoms with Crippen molar-refractivity contribution in [2.45, 2.75) is 45.6 Å². The van der Waals surface area contributed by atoms with E-state index in [0.29, 0.717) is 11.0 Å². The van der Waals surface area contributed by atoms with Gasteiger partial charge in [0.2, 0.25) is 0 Å². The predicted octanol–water partition coefficient (Wildman–Crippen LogP) is 2.17. The first-order valence-electron chi connectivity index (χ1n) is 4.74. The fourth-order valence-electron chi connectivity index (χ4n) is 2.15. The fourth-order valence-corrected chi connectivity index (χ4v) is 2.15. The average molecular weight is 153 g/mol. The molecule has 11 heavy (non-hydrogen) atoms. The summed E-state index contributed by atoms with van der Waals surface area (Å²) in [7, 11) is 0. The molecule has 0 aromatic rings. The Bertz CT molecular complexity index is 149. The van der Waals surface area contributed by atoms with Crippen LogP contribution in [0.3, 0.4) is 0 Å². The van der Waals surface area contributed by atoms with Crippen LogP contribution in [0.4, 0.5) is 0 Å². The third kappa shape index (κ3) is 1.31. The van der Waals surface area contributed by atoms with Gasteiger partial charge in [-0.05, 0) is 30.6 Å². The van der Waals surface area contributed by atoms with Gasteiger partial charge in [-0.2, -0.15) is 0 Å². The molecule has 0 radical (unpaired) electrons. The summed E-state index contributed by atoms with van der Waals surface area (Å²) in [6.45, 7) is 8.07. The van der Waals surface area contributed by atoms with E-state index in [9.17, 15) is 0 Å². The van der Waals surface area contributed by atoms with Crippen molar-refractivity contribution in [3.05, 3.63) is 0 Å². The van der Waals surface area contributed by atoms with Crippen LogP contribution in [0.25, 0.3) is 0 Å². The molecule has 3 fully saturated rings. The van der Waals surface area contributed by atoms with E-state index >= 15 is 0 Å². The molecule has 1 N–H and O–H groups in total. The molecule has 3 aliphatic rings. The zero-order valence-corrected chi connectivity index (χ0v) is 7.91. The Labute approximate surface area is 69.6 Å². The van der Waals surface area contributed by atoms with E-state index in [4.69, 9.17) is 0 Å². The van der Waals surface area contributed by atoms with Crippen molar-refractivity contribution < 1.29 is 0 Å². The Hall–Kier alpha value is -0.0400. The molecule has 1 heteroatoms. The standard InChI is InChI=1S/C10H19N/c1-9(2,3)7-11-10-4-8(5-10)6-10/h8,11H,4-7H2,1-3H3. The SMILES string of the molecule is CC(C)(C)CNC12CC(C1)C2. The van der Waals surface area contributed by atoms with E-state index in [1.54, 1.807) is 0 Å². The molecule has 0 aromatic carbocycles. The van der Waals surface area contributed by atoms with Crippen LogP contribution in [0.5, 0.6) is 0 Å². The van der Waals surface area contributed by atoms with E-state index in [-0.39, 0.29) is 0 Å². The lowest BCUT2D eigenvalue weighted by Crippen LogP contribution is -2.67. The summed E-state index contributed by atoms with van der Waals surface area (Å²) in [4.78, 5) is 0. The van der Waals surface area contributed by atoms with E-state index in [1.165, 1.54) is 25.8 Å². The zero-order valence-electron chi connectivity index (χ0n) is 7.91. The molecule has 0 atom stereocenters. The molecule has 0 unspecified atom stereocenters. The summed E-state index contributed by atoms with van der Waals surface area (Å²) in [6.07, 6.45) is 4.38. The maximum Gasteiger partial charge on any atom is 0.0189 e. The van der Waals surface area contributed by atoms with E-state index in [2.05, 4.69) is 26.1 Å². The molecule has 3 aliphatic carbocycles. The van der Waals surface area contributed by atoms with Crippen LogP contribution >= 0.6 is 0 Å². The summed E-state index contributed by atoms with van der Waals surface area (Å²) in [5.41, 5.74) is 1.08. The maximum atomic E-state index is 3.70. The molecule has 1 nitrogen and oxygen atoms in total. The van der Waals surface area contributed by atoms with Crippen LogP contribution in [0.2, 0.25) is 0 Å². The molecule has 0 heterocycles. The molecule has 0 saturated heterocycles. The van der Waals surface area contributed by atoms with Crippen molar-refractivity contribution in [1.82, 2.24) is 5.32 Å². The molecule has 0 amide bonds. The first kappa shape index (κ1) is 7.60. The molecular weight excluding hydrogens is 134 g/mol. The monoisotopic (exact) mass is 153 g/mol. The van der Waals surface area contributed by atoms with Crippen molar-refractivity contribution >= 4 is 0 Å². The average Bonchev–Trinajstić information content (AvgIpc) is 1.52. The van der Waals surface area contributed by atoms with Gasteiger partial charge in [-0.3, -0.25) is 0 Å². The zero-order chi connectivity index (χ0) is 8.11. The highest BCUT2D eigenvalue weighted by Crippen LogP contribution is 2.57. The Morgan fingerprint density at radius 1 is 1.27 bits per heavy atom. The van der Waals surface area contributed by atoms with Crippen LogP contribution in [-0.4, -0.2) is 12.1 Å². The Kier molecular flexibility index (Phi) is 1.39. The van der Waals surface area contributed by atoms with Gasteiger partial charge in [0, 0.05) is 12.1 Å². The highest BCUT2D eigenvalue weighted by Gasteiger charge is 2.56. The summed E-state index contributed by atoms with van der Waals surface area (Å²) < 4.78 is 0. The second kappa shape index (κ2) is 2.01. The number of nitrogens with one attached hydrogen (secondary N) is 1. The highest BCUT2D eigenvalue weighted by atomic mass is 15.0.